The van der Waals surface area contributed by atoms with Gasteiger partial charge in [-0.1, -0.05) is 0 Å². The molecule has 322 valence electrons. The van der Waals surface area contributed by atoms with E-state index >= 15 is 0 Å². The molecule has 0 atom stereocenters. The van der Waals surface area contributed by atoms with Gasteiger partial charge in [-0.05, 0) is 0 Å². The van der Waals surface area contributed by atoms with E-state index in [-0.39, 0.29) is 51.4 Å². The molecular formula is H31KO40P10. The van der Waals surface area contributed by atoms with Gasteiger partial charge >= 0.3 is 130 Å². The third kappa shape index (κ3) is 18100. The van der Waals surface area contributed by atoms with Crippen LogP contribution in [0.3, 0.4) is 0 Å². The monoisotopic (exact) mass is 1020 g/mol. The van der Waals surface area contributed by atoms with Crippen LogP contribution in [0, 0.1) is 0 Å². The Bertz CT molecular complexity index is 837. The van der Waals surface area contributed by atoms with Crippen molar-refractivity contribution < 1.29 is 192 Å². The Morgan fingerprint density at radius 3 is 0.137 bits per heavy atom. The number of rotatable bonds is 0. The third-order valence-electron chi connectivity index (χ3n) is 0. The van der Waals surface area contributed by atoms with E-state index in [0.717, 1.165) is 0 Å². The minimum absolute atomic E-state index is 0. The molecule has 0 fully saturated rings. The fourth-order valence-corrected chi connectivity index (χ4v) is 0. The molecule has 0 aliphatic heterocycles. The third-order valence-corrected chi connectivity index (χ3v) is 0. The molecule has 0 unspecified atom stereocenters. The summed E-state index contributed by atoms with van der Waals surface area (Å²) in [6.45, 7) is 0. The summed E-state index contributed by atoms with van der Waals surface area (Å²) >= 11 is 0. The van der Waals surface area contributed by atoms with Gasteiger partial charge < -0.3 is 147 Å². The summed E-state index contributed by atoms with van der Waals surface area (Å²) in [7, 11) is -46.4. The average molecular weight is 1020 g/mol. The molecular weight excluding hydrogens is 989 g/mol. The Labute approximate surface area is 320 Å². The van der Waals surface area contributed by atoms with Gasteiger partial charge in [0.2, 0.25) is 0 Å². The zero-order chi connectivity index (χ0) is 45.0. The van der Waals surface area contributed by atoms with Crippen LogP contribution in [0.1, 0.15) is 0 Å². The molecule has 0 saturated carbocycles. The van der Waals surface area contributed by atoms with Crippen molar-refractivity contribution in [3.8, 4) is 0 Å². The first-order valence-corrected chi connectivity index (χ1v) is 23.5. The van der Waals surface area contributed by atoms with Gasteiger partial charge in [-0.2, -0.15) is 0 Å². The van der Waals surface area contributed by atoms with Crippen molar-refractivity contribution in [3.05, 3.63) is 0 Å². The molecule has 0 heterocycles. The van der Waals surface area contributed by atoms with Crippen LogP contribution in [0.25, 0.3) is 0 Å². The summed E-state index contributed by atoms with van der Waals surface area (Å²) in [4.78, 5) is 216. The van der Waals surface area contributed by atoms with Crippen molar-refractivity contribution in [2.45, 2.75) is 0 Å². The first-order valence-electron chi connectivity index (χ1n) is 7.83. The molecule has 0 radical (unpaired) electrons. The minimum atomic E-state index is -4.64. The van der Waals surface area contributed by atoms with Crippen molar-refractivity contribution >= 4 is 130 Å². The van der Waals surface area contributed by atoms with E-state index in [9.17, 15) is 0 Å². The second kappa shape index (κ2) is 35.9. The molecule has 30 N–H and O–H groups in total. The quantitative estimate of drug-likeness (QED) is 0.0791. The van der Waals surface area contributed by atoms with E-state index in [1.165, 1.54) is 0 Å². The Kier molecular flexibility index (Phi) is 57.5. The average Bonchev–Trinajstić information content (AvgIpc) is 2.34. The first kappa shape index (κ1) is 81.8. The van der Waals surface area contributed by atoms with Crippen molar-refractivity contribution in [1.82, 2.24) is 0 Å². The molecule has 0 aromatic carbocycles. The Morgan fingerprint density at radius 1 is 0.137 bits per heavy atom. The van der Waals surface area contributed by atoms with Crippen molar-refractivity contribution in [3.63, 3.8) is 0 Å². The van der Waals surface area contributed by atoms with Gasteiger partial charge in [0, 0.05) is 0 Å². The molecule has 0 aliphatic rings. The molecule has 51 heavy (non-hydrogen) atoms. The zero-order valence-electron chi connectivity index (χ0n) is 22.0. The van der Waals surface area contributed by atoms with Crippen LogP contribution < -0.4 is 0 Å². The van der Waals surface area contributed by atoms with Crippen LogP contribution in [0.4, 0.5) is 0 Å². The molecule has 0 bridgehead atoms. The maximum absolute atomic E-state index is 8.88. The zero-order valence-corrected chi connectivity index (χ0v) is 30.9. The van der Waals surface area contributed by atoms with Crippen LogP contribution in [0.5, 0.6) is 0 Å². The summed E-state index contributed by atoms with van der Waals surface area (Å²) in [5, 5.41) is 0. The van der Waals surface area contributed by atoms with Gasteiger partial charge in [-0.15, -0.1) is 0 Å². The summed E-state index contributed by atoms with van der Waals surface area (Å²) < 4.78 is 88.8. The molecule has 51 heteroatoms. The second-order valence-electron chi connectivity index (χ2n) is 5.13. The SMILES string of the molecule is O=P(O)(O)O.O=P(O)(O)O.O=P(O)(O)O.O=P(O)(O)O.O=P(O)(O)O.O=P(O)(O)O.O=P(O)(O)O.O=P(O)(O)O.O=P(O)(O)O.O=P(O)(O)O.[KH]. The Balaban J connectivity index is -0.0000000386. The van der Waals surface area contributed by atoms with E-state index < -0.39 is 78.2 Å². The summed E-state index contributed by atoms with van der Waals surface area (Å²) in [6.07, 6.45) is 0. The Morgan fingerprint density at radius 2 is 0.137 bits per heavy atom. The number of phosphoric acid groups is 10. The van der Waals surface area contributed by atoms with E-state index in [4.69, 9.17) is 192 Å². The van der Waals surface area contributed by atoms with Crippen LogP contribution in [0.2, 0.25) is 0 Å². The van der Waals surface area contributed by atoms with Gasteiger partial charge in [0.15, 0.2) is 0 Å². The van der Waals surface area contributed by atoms with E-state index in [1.54, 1.807) is 0 Å². The van der Waals surface area contributed by atoms with Gasteiger partial charge in [0.25, 0.3) is 0 Å². The summed E-state index contributed by atoms with van der Waals surface area (Å²) in [5.74, 6) is 0. The van der Waals surface area contributed by atoms with Gasteiger partial charge in [0.1, 0.15) is 0 Å². The molecule has 0 amide bonds. The molecule has 0 aromatic heterocycles. The normalized spacial score (nSPS) is 11.6. The van der Waals surface area contributed by atoms with Crippen molar-refractivity contribution in [1.29, 1.82) is 0 Å². The first-order chi connectivity index (χ1) is 20.0. The molecule has 40 nitrogen and oxygen atoms in total. The molecule has 0 aliphatic carbocycles. The standard InChI is InChI=1S/K.10H3O4P.H/c;10*1-5(2,3)4;/h;10*(H3,1,2,3,4);. The van der Waals surface area contributed by atoms with Crippen LogP contribution in [-0.2, 0) is 45.7 Å². The van der Waals surface area contributed by atoms with Gasteiger partial charge in [-0.3, -0.25) is 0 Å². The van der Waals surface area contributed by atoms with Gasteiger partial charge in [-0.25, -0.2) is 45.7 Å². The number of hydrogen-bond acceptors (Lipinski definition) is 10. The fraction of sp³-hybridized carbons (Fsp3) is 0. The molecule has 0 aromatic rings. The van der Waals surface area contributed by atoms with Crippen LogP contribution in [0.15, 0.2) is 0 Å². The molecule has 0 rings (SSSR count). The summed E-state index contributed by atoms with van der Waals surface area (Å²) in [6, 6.07) is 0. The van der Waals surface area contributed by atoms with Crippen molar-refractivity contribution in [2.24, 2.45) is 0 Å². The predicted octanol–water partition coefficient (Wildman–Crippen LogP) is -9.93. The fourth-order valence-electron chi connectivity index (χ4n) is 0. The van der Waals surface area contributed by atoms with Crippen LogP contribution in [-0.4, -0.2) is 198 Å². The molecule has 0 saturated heterocycles. The predicted molar refractivity (Wildman–Crippen MR) is 150 cm³/mol. The summed E-state index contributed by atoms with van der Waals surface area (Å²) in [5.41, 5.74) is 0. The van der Waals surface area contributed by atoms with Crippen molar-refractivity contribution in [2.75, 3.05) is 0 Å². The Hall–Kier alpha value is 2.74. The topological polar surface area (TPSA) is 778 Å². The maximum atomic E-state index is 8.88. The van der Waals surface area contributed by atoms with Crippen LogP contribution >= 0.6 is 78.2 Å². The van der Waals surface area contributed by atoms with Gasteiger partial charge in [0.05, 0.1) is 0 Å². The second-order valence-corrected chi connectivity index (χ2v) is 15.4. The number of hydrogen-bond donors (Lipinski definition) is 30. The van der Waals surface area contributed by atoms with E-state index in [0.29, 0.717) is 0 Å². The van der Waals surface area contributed by atoms with E-state index in [1.807, 2.05) is 0 Å². The van der Waals surface area contributed by atoms with E-state index in [2.05, 4.69) is 0 Å². The molecule has 0 spiro atoms.